The molecule has 0 radical (unpaired) electrons. The molecule has 2 nitrogen and oxygen atoms in total. The van der Waals surface area contributed by atoms with E-state index in [2.05, 4.69) is 308 Å². The quantitative estimate of drug-likeness (QED) is 0.124. The number of benzene rings is 12. The molecule has 0 bridgehead atoms. The Morgan fingerprint density at radius 2 is 0.870 bits per heavy atom. The number of hydrogen-bond donors (Lipinski definition) is 0. The predicted molar refractivity (Wildman–Crippen MR) is 329 cm³/mol. The highest BCUT2D eigenvalue weighted by atomic mass is 15.1. The van der Waals surface area contributed by atoms with Gasteiger partial charge in [0, 0.05) is 33.4 Å². The van der Waals surface area contributed by atoms with Crippen molar-refractivity contribution in [2.75, 3.05) is 4.90 Å². The van der Waals surface area contributed by atoms with Crippen molar-refractivity contribution in [2.45, 2.75) is 13.3 Å². The van der Waals surface area contributed by atoms with Gasteiger partial charge >= 0.3 is 0 Å². The standard InChI is InChI=1S/C75H54N2/c1-51-25-27-53(28-26-51)55-33-35-57(36-34-55)59-41-45-65(46-42-59)76(64-43-39-58(40-44-64)56-31-29-54(30-32-56)52-13-3-2-4-14-52)72-22-9-7-19-69(72)61-16-11-17-62(49-61)70-21-12-24-74-75(70)71-20-8-10-23-73(71)77(74)66-47-48-68-63(50-66)38-37-60-15-5-6-18-67(60)68/h2-25,27-51H,26H2,1H3. The maximum Gasteiger partial charge on any atom is 0.0547 e. The Morgan fingerprint density at radius 3 is 1.56 bits per heavy atom. The van der Waals surface area contributed by atoms with E-state index in [9.17, 15) is 0 Å². The molecule has 364 valence electrons. The van der Waals surface area contributed by atoms with E-state index in [1.165, 1.54) is 99.0 Å². The average Bonchev–Trinajstić information content (AvgIpc) is 4.00. The number of hydrogen-bond acceptors (Lipinski definition) is 1. The van der Waals surface area contributed by atoms with Crippen LogP contribution in [0.1, 0.15) is 18.9 Å². The summed E-state index contributed by atoms with van der Waals surface area (Å²) in [6.45, 7) is 2.27. The van der Waals surface area contributed by atoms with Crippen LogP contribution in [-0.2, 0) is 0 Å². The zero-order chi connectivity index (χ0) is 51.2. The zero-order valence-corrected chi connectivity index (χ0v) is 42.9. The number of rotatable bonds is 10. The largest absolute Gasteiger partial charge is 0.310 e. The van der Waals surface area contributed by atoms with Crippen LogP contribution >= 0.6 is 0 Å². The molecule has 1 heterocycles. The third kappa shape index (κ3) is 8.51. The number of fused-ring (bicyclic) bond motifs is 6. The summed E-state index contributed by atoms with van der Waals surface area (Å²) >= 11 is 0. The smallest absolute Gasteiger partial charge is 0.0547 e. The molecular weight excluding hydrogens is 929 g/mol. The first-order valence-electron chi connectivity index (χ1n) is 26.9. The first-order valence-corrected chi connectivity index (χ1v) is 26.9. The molecule has 1 aromatic heterocycles. The van der Waals surface area contributed by atoms with Crippen molar-refractivity contribution in [3.63, 3.8) is 0 Å². The van der Waals surface area contributed by atoms with Crippen LogP contribution in [0.25, 0.3) is 110 Å². The Bertz CT molecular complexity index is 4390. The molecular formula is C75H54N2. The van der Waals surface area contributed by atoms with Gasteiger partial charge < -0.3 is 9.47 Å². The lowest BCUT2D eigenvalue weighted by atomic mass is 9.93. The number of aromatic nitrogens is 1. The van der Waals surface area contributed by atoms with Gasteiger partial charge in [-0.1, -0.05) is 237 Å². The van der Waals surface area contributed by atoms with Gasteiger partial charge in [0.05, 0.1) is 16.7 Å². The van der Waals surface area contributed by atoms with Crippen molar-refractivity contribution >= 4 is 66.0 Å². The fourth-order valence-electron chi connectivity index (χ4n) is 11.8. The summed E-state index contributed by atoms with van der Waals surface area (Å²) in [5.74, 6) is 0.592. The molecule has 1 aliphatic carbocycles. The Labute approximate surface area is 450 Å². The minimum absolute atomic E-state index is 0.592. The summed E-state index contributed by atoms with van der Waals surface area (Å²) in [5.41, 5.74) is 21.2. The summed E-state index contributed by atoms with van der Waals surface area (Å²) in [4.78, 5) is 2.42. The third-order valence-corrected chi connectivity index (χ3v) is 15.8. The van der Waals surface area contributed by atoms with Crippen molar-refractivity contribution in [3.05, 3.63) is 297 Å². The van der Waals surface area contributed by atoms with Crippen molar-refractivity contribution < 1.29 is 0 Å². The predicted octanol–water partition coefficient (Wildman–Crippen LogP) is 20.9. The van der Waals surface area contributed by atoms with Gasteiger partial charge in [0.25, 0.3) is 0 Å². The van der Waals surface area contributed by atoms with E-state index in [0.717, 1.165) is 40.3 Å². The second kappa shape index (κ2) is 19.5. The van der Waals surface area contributed by atoms with Gasteiger partial charge in [-0.2, -0.15) is 0 Å². The Kier molecular flexibility index (Phi) is 11.6. The van der Waals surface area contributed by atoms with Crippen LogP contribution in [0.2, 0.25) is 0 Å². The lowest BCUT2D eigenvalue weighted by Crippen LogP contribution is -2.11. The number of nitrogens with zero attached hydrogens (tertiary/aromatic N) is 2. The molecule has 0 N–H and O–H groups in total. The Morgan fingerprint density at radius 1 is 0.364 bits per heavy atom. The van der Waals surface area contributed by atoms with E-state index in [1.54, 1.807) is 0 Å². The molecule has 1 unspecified atom stereocenters. The molecule has 0 amide bonds. The van der Waals surface area contributed by atoms with Crippen LogP contribution in [0.3, 0.4) is 0 Å². The molecule has 1 atom stereocenters. The maximum absolute atomic E-state index is 2.44. The topological polar surface area (TPSA) is 8.17 Å². The molecule has 2 heteroatoms. The highest BCUT2D eigenvalue weighted by molar-refractivity contribution is 6.16. The first-order chi connectivity index (χ1) is 38.1. The maximum atomic E-state index is 2.44. The number of allylic oxidation sites excluding steroid dienone is 4. The van der Waals surface area contributed by atoms with Gasteiger partial charge in [-0.15, -0.1) is 0 Å². The molecule has 13 aromatic rings. The third-order valence-electron chi connectivity index (χ3n) is 15.8. The van der Waals surface area contributed by atoms with E-state index in [0.29, 0.717) is 5.92 Å². The molecule has 0 saturated heterocycles. The van der Waals surface area contributed by atoms with Crippen LogP contribution in [0.4, 0.5) is 17.1 Å². The van der Waals surface area contributed by atoms with Crippen molar-refractivity contribution in [1.29, 1.82) is 0 Å². The molecule has 14 rings (SSSR count). The SMILES string of the molecule is CC1C=CC(c2ccc(-c3ccc(N(c4ccc(-c5ccc(-c6ccccc6)cc5)cc4)c4ccccc4-c4cccc(-c5cccc6c5c5ccccc5n6-c5ccc6c(ccc7ccccc76)c5)c4)cc3)cc2)=CC1. The number of anilines is 3. The fraction of sp³-hybridized carbons (Fsp3) is 0.0400. The van der Waals surface area contributed by atoms with Gasteiger partial charge in [0.15, 0.2) is 0 Å². The second-order valence-corrected chi connectivity index (χ2v) is 20.5. The molecule has 0 spiro atoms. The summed E-state index contributed by atoms with van der Waals surface area (Å²) in [6, 6.07) is 100. The van der Waals surface area contributed by atoms with Crippen LogP contribution in [0.15, 0.2) is 291 Å². The van der Waals surface area contributed by atoms with E-state index in [-0.39, 0.29) is 0 Å². The molecule has 0 aliphatic heterocycles. The highest BCUT2D eigenvalue weighted by Gasteiger charge is 2.21. The van der Waals surface area contributed by atoms with Gasteiger partial charge in [0.1, 0.15) is 0 Å². The van der Waals surface area contributed by atoms with Gasteiger partial charge in [-0.3, -0.25) is 0 Å². The van der Waals surface area contributed by atoms with Crippen LogP contribution in [0.5, 0.6) is 0 Å². The van der Waals surface area contributed by atoms with Crippen molar-refractivity contribution in [2.24, 2.45) is 5.92 Å². The fourth-order valence-corrected chi connectivity index (χ4v) is 11.8. The Hall–Kier alpha value is -9.76. The lowest BCUT2D eigenvalue weighted by Gasteiger charge is -2.28. The Balaban J connectivity index is 0.852. The summed E-state index contributed by atoms with van der Waals surface area (Å²) < 4.78 is 2.44. The van der Waals surface area contributed by atoms with E-state index in [1.807, 2.05) is 0 Å². The minimum atomic E-state index is 0.592. The molecule has 77 heavy (non-hydrogen) atoms. The summed E-state index contributed by atoms with van der Waals surface area (Å²) in [6.07, 6.45) is 8.02. The van der Waals surface area contributed by atoms with Crippen LogP contribution in [0, 0.1) is 5.92 Å². The van der Waals surface area contributed by atoms with Crippen LogP contribution < -0.4 is 4.90 Å². The monoisotopic (exact) mass is 982 g/mol. The lowest BCUT2D eigenvalue weighted by molar-refractivity contribution is 0.739. The number of para-hydroxylation sites is 2. The second-order valence-electron chi connectivity index (χ2n) is 20.5. The summed E-state index contributed by atoms with van der Waals surface area (Å²) in [7, 11) is 0. The molecule has 0 saturated carbocycles. The normalized spacial score (nSPS) is 13.4. The average molecular weight is 983 g/mol. The van der Waals surface area contributed by atoms with Gasteiger partial charge in [-0.25, -0.2) is 0 Å². The van der Waals surface area contributed by atoms with Gasteiger partial charge in [-0.05, 0) is 156 Å². The molecule has 1 aliphatic rings. The summed E-state index contributed by atoms with van der Waals surface area (Å²) in [5, 5.41) is 7.52. The zero-order valence-electron chi connectivity index (χ0n) is 42.9. The van der Waals surface area contributed by atoms with E-state index in [4.69, 9.17) is 0 Å². The van der Waals surface area contributed by atoms with E-state index < -0.39 is 0 Å². The molecule has 0 fully saturated rings. The van der Waals surface area contributed by atoms with E-state index >= 15 is 0 Å². The molecule has 12 aromatic carbocycles. The van der Waals surface area contributed by atoms with Crippen molar-refractivity contribution in [1.82, 2.24) is 4.57 Å². The van der Waals surface area contributed by atoms with Crippen LogP contribution in [-0.4, -0.2) is 4.57 Å². The minimum Gasteiger partial charge on any atom is -0.310 e. The highest BCUT2D eigenvalue weighted by Crippen LogP contribution is 2.45. The van der Waals surface area contributed by atoms with Crippen molar-refractivity contribution in [3.8, 4) is 61.3 Å². The first kappa shape index (κ1) is 45.8. The van der Waals surface area contributed by atoms with Gasteiger partial charge in [0.2, 0.25) is 0 Å².